The summed E-state index contributed by atoms with van der Waals surface area (Å²) in [6.07, 6.45) is 2.41. The third-order valence-electron chi connectivity index (χ3n) is 6.93. The fraction of sp³-hybridized carbons (Fsp3) is 0.524. The number of carbonyl (C=O) groups excluding carboxylic acids is 1. The van der Waals surface area contributed by atoms with Crippen molar-refractivity contribution in [2.45, 2.75) is 31.5 Å². The average Bonchev–Trinajstić information content (AvgIpc) is 3.33. The molecule has 3 aliphatic rings. The molecule has 3 aliphatic heterocycles. The van der Waals surface area contributed by atoms with E-state index in [0.29, 0.717) is 45.5 Å². The van der Waals surface area contributed by atoms with E-state index in [1.54, 1.807) is 12.4 Å². The molecule has 0 radical (unpaired) electrons. The summed E-state index contributed by atoms with van der Waals surface area (Å²) in [5.74, 6) is 0.774. The number of fused-ring (bicyclic) bond motifs is 1. The predicted molar refractivity (Wildman–Crippen MR) is 113 cm³/mol. The minimum absolute atomic E-state index is 0.143. The van der Waals surface area contributed by atoms with Gasteiger partial charge in [0.25, 0.3) is 0 Å². The summed E-state index contributed by atoms with van der Waals surface area (Å²) in [4.78, 5) is 32.9. The second kappa shape index (κ2) is 7.58. The van der Waals surface area contributed by atoms with E-state index in [1.807, 2.05) is 4.68 Å². The third kappa shape index (κ3) is 3.54. The maximum atomic E-state index is 12.8. The van der Waals surface area contributed by atoms with E-state index in [4.69, 9.17) is 9.72 Å². The van der Waals surface area contributed by atoms with Gasteiger partial charge in [-0.15, -0.1) is 0 Å². The molecule has 13 heteroatoms. The maximum Gasteiger partial charge on any atom is 0.434 e. The van der Waals surface area contributed by atoms with Crippen molar-refractivity contribution in [3.05, 3.63) is 30.5 Å². The molecule has 178 valence electrons. The van der Waals surface area contributed by atoms with Crippen LogP contribution < -0.4 is 9.80 Å². The van der Waals surface area contributed by atoms with Crippen LogP contribution in [0.4, 0.5) is 24.8 Å². The summed E-state index contributed by atoms with van der Waals surface area (Å²) in [6, 6.07) is 0.176. The number of rotatable bonds is 3. The molecule has 0 N–H and O–H groups in total. The van der Waals surface area contributed by atoms with Crippen LogP contribution in [-0.4, -0.2) is 68.5 Å². The van der Waals surface area contributed by atoms with E-state index in [-0.39, 0.29) is 23.2 Å². The van der Waals surface area contributed by atoms with E-state index < -0.39 is 11.9 Å². The van der Waals surface area contributed by atoms with Crippen molar-refractivity contribution in [2.75, 3.05) is 42.6 Å². The molecular formula is C21H21F3N8O2. The number of alkyl halides is 3. The van der Waals surface area contributed by atoms with Gasteiger partial charge >= 0.3 is 6.18 Å². The Kier molecular flexibility index (Phi) is 4.73. The van der Waals surface area contributed by atoms with Gasteiger partial charge in [0.05, 0.1) is 38.0 Å². The zero-order valence-electron chi connectivity index (χ0n) is 18.1. The molecule has 0 aliphatic carbocycles. The second-order valence-corrected chi connectivity index (χ2v) is 9.12. The van der Waals surface area contributed by atoms with E-state index in [1.165, 1.54) is 4.90 Å². The van der Waals surface area contributed by atoms with Gasteiger partial charge in [0.1, 0.15) is 17.4 Å². The van der Waals surface area contributed by atoms with Crippen LogP contribution in [0.25, 0.3) is 11.2 Å². The highest BCUT2D eigenvalue weighted by atomic mass is 19.4. The van der Waals surface area contributed by atoms with Crippen LogP contribution in [0.15, 0.2) is 24.8 Å². The first-order valence-corrected chi connectivity index (χ1v) is 11.0. The van der Waals surface area contributed by atoms with Crippen molar-refractivity contribution in [1.82, 2.24) is 29.7 Å². The molecule has 3 fully saturated rings. The number of nitrogens with zero attached hydrogens (tertiary/aromatic N) is 8. The molecule has 1 spiro atoms. The number of amides is 1. The topological polar surface area (TPSA) is 102 Å². The summed E-state index contributed by atoms with van der Waals surface area (Å²) < 4.78 is 45.5. The number of anilines is 2. The Morgan fingerprint density at radius 1 is 1.00 bits per heavy atom. The van der Waals surface area contributed by atoms with Crippen molar-refractivity contribution >= 4 is 28.7 Å². The maximum absolute atomic E-state index is 12.8. The Morgan fingerprint density at radius 3 is 2.41 bits per heavy atom. The molecule has 0 unspecified atom stereocenters. The molecule has 0 atom stereocenters. The number of aromatic nitrogens is 6. The molecule has 3 aromatic heterocycles. The zero-order chi connectivity index (χ0) is 23.5. The number of halogens is 3. The molecule has 3 aromatic rings. The highest BCUT2D eigenvalue weighted by Gasteiger charge is 2.46. The zero-order valence-corrected chi connectivity index (χ0v) is 18.1. The molecular weight excluding hydrogens is 453 g/mol. The van der Waals surface area contributed by atoms with Crippen LogP contribution >= 0.6 is 0 Å². The van der Waals surface area contributed by atoms with Crippen LogP contribution in [0.3, 0.4) is 0 Å². The fourth-order valence-corrected chi connectivity index (χ4v) is 4.85. The van der Waals surface area contributed by atoms with Gasteiger partial charge in [-0.25, -0.2) is 24.6 Å². The molecule has 3 saturated heterocycles. The van der Waals surface area contributed by atoms with Crippen molar-refractivity contribution in [2.24, 2.45) is 5.41 Å². The fourth-order valence-electron chi connectivity index (χ4n) is 4.85. The lowest BCUT2D eigenvalue weighted by Crippen LogP contribution is -2.42. The summed E-state index contributed by atoms with van der Waals surface area (Å²) in [5, 5.41) is 4.40. The second-order valence-electron chi connectivity index (χ2n) is 9.12. The minimum Gasteiger partial charge on any atom is -0.377 e. The Labute approximate surface area is 191 Å². The van der Waals surface area contributed by atoms with Gasteiger partial charge in [-0.3, -0.25) is 9.69 Å². The van der Waals surface area contributed by atoms with Gasteiger partial charge < -0.3 is 9.64 Å². The molecule has 0 aromatic carbocycles. The number of hydrogen-bond donors (Lipinski definition) is 0. The van der Waals surface area contributed by atoms with Gasteiger partial charge in [0.2, 0.25) is 5.91 Å². The molecule has 6 rings (SSSR count). The van der Waals surface area contributed by atoms with Crippen molar-refractivity contribution in [3.63, 3.8) is 0 Å². The number of hydrogen-bond acceptors (Lipinski definition) is 8. The summed E-state index contributed by atoms with van der Waals surface area (Å²) >= 11 is 0. The van der Waals surface area contributed by atoms with E-state index in [2.05, 4.69) is 25.0 Å². The van der Waals surface area contributed by atoms with Crippen molar-refractivity contribution < 1.29 is 22.7 Å². The Morgan fingerprint density at radius 2 is 1.76 bits per heavy atom. The van der Waals surface area contributed by atoms with Crippen molar-refractivity contribution in [1.29, 1.82) is 0 Å². The first-order chi connectivity index (χ1) is 16.3. The summed E-state index contributed by atoms with van der Waals surface area (Å²) in [5.41, 5.74) is 0.142. The smallest absolute Gasteiger partial charge is 0.377 e. The lowest BCUT2D eigenvalue weighted by Gasteiger charge is -2.39. The van der Waals surface area contributed by atoms with Crippen LogP contribution in [0.2, 0.25) is 0 Å². The lowest BCUT2D eigenvalue weighted by molar-refractivity contribution is -0.141. The first-order valence-electron chi connectivity index (χ1n) is 11.0. The number of piperidine rings is 1. The largest absolute Gasteiger partial charge is 0.434 e. The van der Waals surface area contributed by atoms with E-state index in [0.717, 1.165) is 36.0 Å². The number of carbonyl (C=O) groups is 1. The predicted octanol–water partition coefficient (Wildman–Crippen LogP) is 2.23. The van der Waals surface area contributed by atoms with Crippen LogP contribution in [0.1, 0.15) is 31.0 Å². The normalized spacial score (nSPS) is 21.0. The van der Waals surface area contributed by atoms with Gasteiger partial charge in [0, 0.05) is 31.5 Å². The van der Waals surface area contributed by atoms with Crippen LogP contribution in [0.5, 0.6) is 0 Å². The van der Waals surface area contributed by atoms with Gasteiger partial charge in [-0.1, -0.05) is 0 Å². The quantitative estimate of drug-likeness (QED) is 0.570. The number of ether oxygens (including phenoxy) is 1. The average molecular weight is 474 g/mol. The first kappa shape index (κ1) is 21.2. The van der Waals surface area contributed by atoms with Gasteiger partial charge in [-0.2, -0.15) is 18.3 Å². The van der Waals surface area contributed by atoms with Crippen molar-refractivity contribution in [3.8, 4) is 0 Å². The highest BCUT2D eigenvalue weighted by molar-refractivity contribution is 5.95. The Balaban J connectivity index is 1.15. The Bertz CT molecular complexity index is 1230. The molecule has 10 nitrogen and oxygen atoms in total. The molecule has 34 heavy (non-hydrogen) atoms. The highest BCUT2D eigenvalue weighted by Crippen LogP contribution is 2.43. The molecule has 1 amide bonds. The molecule has 0 bridgehead atoms. The third-order valence-corrected chi connectivity index (χ3v) is 6.93. The van der Waals surface area contributed by atoms with Gasteiger partial charge in [-0.05, 0) is 12.8 Å². The SMILES string of the molecule is O=C1CC2(CCN(c3cnc4cnn(C5COC5)c4n3)CC2)CN1c1cnc(C(F)(F)F)cn1. The van der Waals surface area contributed by atoms with Crippen LogP contribution in [-0.2, 0) is 15.7 Å². The summed E-state index contributed by atoms with van der Waals surface area (Å²) in [7, 11) is 0. The molecule has 6 heterocycles. The monoisotopic (exact) mass is 474 g/mol. The van der Waals surface area contributed by atoms with E-state index >= 15 is 0 Å². The van der Waals surface area contributed by atoms with E-state index in [9.17, 15) is 18.0 Å². The standard InChI is InChI=1S/C21H21F3N8O2/c22-21(23,24)15-7-27-16(8-26-15)31-12-20(5-18(31)33)1-3-30(4-2-20)17-9-25-14-6-28-32(19(14)29-17)13-10-34-11-13/h6-9,13H,1-5,10-12H2. The van der Waals surface area contributed by atoms with Crippen LogP contribution in [0, 0.1) is 5.41 Å². The van der Waals surface area contributed by atoms with Gasteiger partial charge in [0.15, 0.2) is 17.2 Å². The molecule has 0 saturated carbocycles. The lowest BCUT2D eigenvalue weighted by atomic mass is 9.77. The summed E-state index contributed by atoms with van der Waals surface area (Å²) in [6.45, 7) is 3.03. The Hall–Kier alpha value is -3.35. The minimum atomic E-state index is -4.57.